The Bertz CT molecular complexity index is 841. The quantitative estimate of drug-likeness (QED) is 0.781. The van der Waals surface area contributed by atoms with E-state index >= 15 is 0 Å². The molecule has 0 saturated carbocycles. The van der Waals surface area contributed by atoms with E-state index in [1.54, 1.807) is 19.2 Å². The Kier molecular flexibility index (Phi) is 4.56. The SMILES string of the molecule is COc1ccccc1-c1nnc(CNC(=O)c2ccc(C)cc2)o1. The lowest BCUT2D eigenvalue weighted by molar-refractivity contribution is 0.0947. The molecule has 122 valence electrons. The summed E-state index contributed by atoms with van der Waals surface area (Å²) in [7, 11) is 1.58. The van der Waals surface area contributed by atoms with Gasteiger partial charge in [0.1, 0.15) is 5.75 Å². The summed E-state index contributed by atoms with van der Waals surface area (Å²) in [5.74, 6) is 1.15. The van der Waals surface area contributed by atoms with E-state index < -0.39 is 0 Å². The third-order valence-electron chi connectivity index (χ3n) is 3.52. The predicted molar refractivity (Wildman–Crippen MR) is 88.6 cm³/mol. The van der Waals surface area contributed by atoms with E-state index in [2.05, 4.69) is 15.5 Å². The van der Waals surface area contributed by atoms with Crippen molar-refractivity contribution < 1.29 is 13.9 Å². The average Bonchev–Trinajstić information content (AvgIpc) is 3.09. The number of ether oxygens (including phenoxy) is 1. The highest BCUT2D eigenvalue weighted by Crippen LogP contribution is 2.28. The first-order valence-electron chi connectivity index (χ1n) is 7.48. The van der Waals surface area contributed by atoms with E-state index in [-0.39, 0.29) is 12.5 Å². The number of carbonyl (C=O) groups is 1. The molecule has 1 heterocycles. The maximum atomic E-state index is 12.1. The van der Waals surface area contributed by atoms with Crippen LogP contribution in [0.2, 0.25) is 0 Å². The second kappa shape index (κ2) is 6.95. The van der Waals surface area contributed by atoms with Gasteiger partial charge in [-0.15, -0.1) is 10.2 Å². The van der Waals surface area contributed by atoms with Crippen LogP contribution in [0.15, 0.2) is 52.9 Å². The Labute approximate surface area is 139 Å². The van der Waals surface area contributed by atoms with Crippen LogP contribution in [-0.2, 0) is 6.54 Å². The maximum Gasteiger partial charge on any atom is 0.251 e. The summed E-state index contributed by atoms with van der Waals surface area (Å²) in [6.45, 7) is 2.13. The molecule has 3 rings (SSSR count). The fourth-order valence-corrected chi connectivity index (χ4v) is 2.22. The number of aromatic nitrogens is 2. The number of carbonyl (C=O) groups excluding carboxylic acids is 1. The summed E-state index contributed by atoms with van der Waals surface area (Å²) in [6.07, 6.45) is 0. The molecule has 2 aromatic carbocycles. The Morgan fingerprint density at radius 3 is 2.62 bits per heavy atom. The molecular weight excluding hydrogens is 306 g/mol. The van der Waals surface area contributed by atoms with Crippen molar-refractivity contribution in [2.45, 2.75) is 13.5 Å². The van der Waals surface area contributed by atoms with Crippen molar-refractivity contribution in [2.75, 3.05) is 7.11 Å². The molecule has 6 nitrogen and oxygen atoms in total. The van der Waals surface area contributed by atoms with Gasteiger partial charge in [-0.1, -0.05) is 29.8 Å². The first-order valence-corrected chi connectivity index (χ1v) is 7.48. The number of rotatable bonds is 5. The van der Waals surface area contributed by atoms with Crippen molar-refractivity contribution in [3.63, 3.8) is 0 Å². The van der Waals surface area contributed by atoms with Gasteiger partial charge in [-0.05, 0) is 31.2 Å². The molecule has 1 N–H and O–H groups in total. The number of nitrogens with zero attached hydrogens (tertiary/aromatic N) is 2. The van der Waals surface area contributed by atoms with Gasteiger partial charge < -0.3 is 14.5 Å². The molecule has 0 atom stereocenters. The molecule has 0 aliphatic heterocycles. The average molecular weight is 323 g/mol. The van der Waals surface area contributed by atoms with Gasteiger partial charge in [0, 0.05) is 5.56 Å². The van der Waals surface area contributed by atoms with Crippen LogP contribution >= 0.6 is 0 Å². The minimum Gasteiger partial charge on any atom is -0.496 e. The Morgan fingerprint density at radius 2 is 1.88 bits per heavy atom. The molecule has 0 fully saturated rings. The van der Waals surface area contributed by atoms with Gasteiger partial charge in [-0.25, -0.2) is 0 Å². The first-order chi connectivity index (χ1) is 11.7. The molecule has 0 radical (unpaired) electrons. The Hall–Kier alpha value is -3.15. The highest BCUT2D eigenvalue weighted by atomic mass is 16.5. The van der Waals surface area contributed by atoms with Crippen molar-refractivity contribution in [2.24, 2.45) is 0 Å². The van der Waals surface area contributed by atoms with Crippen LogP contribution in [0.3, 0.4) is 0 Å². The number of benzene rings is 2. The van der Waals surface area contributed by atoms with Gasteiger partial charge in [-0.3, -0.25) is 4.79 Å². The molecule has 0 spiro atoms. The Balaban J connectivity index is 1.68. The molecule has 1 amide bonds. The molecule has 0 aliphatic carbocycles. The molecule has 6 heteroatoms. The standard InChI is InChI=1S/C18H17N3O3/c1-12-7-9-13(10-8-12)17(22)19-11-16-20-21-18(24-16)14-5-3-4-6-15(14)23-2/h3-10H,11H2,1-2H3,(H,19,22). The van der Waals surface area contributed by atoms with Gasteiger partial charge in [0.25, 0.3) is 11.8 Å². The fourth-order valence-electron chi connectivity index (χ4n) is 2.22. The van der Waals surface area contributed by atoms with Crippen molar-refractivity contribution in [3.8, 4) is 17.2 Å². The zero-order chi connectivity index (χ0) is 16.9. The van der Waals surface area contributed by atoms with Crippen molar-refractivity contribution in [3.05, 3.63) is 65.5 Å². The zero-order valence-corrected chi connectivity index (χ0v) is 13.4. The van der Waals surface area contributed by atoms with Crippen LogP contribution in [0.4, 0.5) is 0 Å². The molecule has 0 bridgehead atoms. The molecule has 0 aliphatic rings. The number of nitrogens with one attached hydrogen (secondary N) is 1. The largest absolute Gasteiger partial charge is 0.496 e. The van der Waals surface area contributed by atoms with Gasteiger partial charge in [-0.2, -0.15) is 0 Å². The second-order valence-electron chi connectivity index (χ2n) is 5.25. The van der Waals surface area contributed by atoms with E-state index in [4.69, 9.17) is 9.15 Å². The van der Waals surface area contributed by atoms with Crippen molar-refractivity contribution >= 4 is 5.91 Å². The smallest absolute Gasteiger partial charge is 0.251 e. The van der Waals surface area contributed by atoms with Crippen molar-refractivity contribution in [1.29, 1.82) is 0 Å². The van der Waals surface area contributed by atoms with Gasteiger partial charge in [0.2, 0.25) is 5.89 Å². The minimum absolute atomic E-state index is 0.162. The maximum absolute atomic E-state index is 12.1. The van der Waals surface area contributed by atoms with Crippen LogP contribution in [0.1, 0.15) is 21.8 Å². The summed E-state index contributed by atoms with van der Waals surface area (Å²) < 4.78 is 10.9. The first kappa shape index (κ1) is 15.7. The number of methoxy groups -OCH3 is 1. The van der Waals surface area contributed by atoms with Crippen LogP contribution in [0.25, 0.3) is 11.5 Å². The van der Waals surface area contributed by atoms with Gasteiger partial charge in [0.15, 0.2) is 0 Å². The molecule has 0 unspecified atom stereocenters. The van der Waals surface area contributed by atoms with E-state index in [0.717, 1.165) is 5.56 Å². The monoisotopic (exact) mass is 323 g/mol. The predicted octanol–water partition coefficient (Wildman–Crippen LogP) is 2.98. The summed E-state index contributed by atoms with van der Waals surface area (Å²) in [6, 6.07) is 14.7. The lowest BCUT2D eigenvalue weighted by Gasteiger charge is -2.04. The Morgan fingerprint density at radius 1 is 1.12 bits per heavy atom. The van der Waals surface area contributed by atoms with Gasteiger partial charge >= 0.3 is 0 Å². The zero-order valence-electron chi connectivity index (χ0n) is 13.4. The highest BCUT2D eigenvalue weighted by Gasteiger charge is 2.13. The second-order valence-corrected chi connectivity index (χ2v) is 5.25. The molecule has 3 aromatic rings. The molecule has 24 heavy (non-hydrogen) atoms. The van der Waals surface area contributed by atoms with E-state index in [0.29, 0.717) is 28.7 Å². The normalized spacial score (nSPS) is 10.4. The fraction of sp³-hybridized carbons (Fsp3) is 0.167. The van der Waals surface area contributed by atoms with Crippen LogP contribution in [0.5, 0.6) is 5.75 Å². The number of amides is 1. The van der Waals surface area contributed by atoms with Crippen LogP contribution < -0.4 is 10.1 Å². The topological polar surface area (TPSA) is 77.3 Å². The van der Waals surface area contributed by atoms with Crippen LogP contribution in [-0.4, -0.2) is 23.2 Å². The number of hydrogen-bond donors (Lipinski definition) is 1. The number of aryl methyl sites for hydroxylation is 1. The third kappa shape index (κ3) is 3.43. The minimum atomic E-state index is -0.188. The summed E-state index contributed by atoms with van der Waals surface area (Å²) in [5, 5.41) is 10.7. The molecule has 1 aromatic heterocycles. The lowest BCUT2D eigenvalue weighted by Crippen LogP contribution is -2.22. The van der Waals surface area contributed by atoms with Crippen LogP contribution in [0, 0.1) is 6.92 Å². The molecule has 0 saturated heterocycles. The van der Waals surface area contributed by atoms with E-state index in [9.17, 15) is 4.79 Å². The van der Waals surface area contributed by atoms with E-state index in [1.807, 2.05) is 43.3 Å². The van der Waals surface area contributed by atoms with Gasteiger partial charge in [0.05, 0.1) is 19.2 Å². The molecular formula is C18H17N3O3. The third-order valence-corrected chi connectivity index (χ3v) is 3.52. The summed E-state index contributed by atoms with van der Waals surface area (Å²) in [4.78, 5) is 12.1. The van der Waals surface area contributed by atoms with E-state index in [1.165, 1.54) is 0 Å². The lowest BCUT2D eigenvalue weighted by atomic mass is 10.1. The number of para-hydroxylation sites is 1. The summed E-state index contributed by atoms with van der Waals surface area (Å²) >= 11 is 0. The summed E-state index contributed by atoms with van der Waals surface area (Å²) in [5.41, 5.74) is 2.40. The number of hydrogen-bond acceptors (Lipinski definition) is 5. The highest BCUT2D eigenvalue weighted by molar-refractivity contribution is 5.94. The van der Waals surface area contributed by atoms with Crippen molar-refractivity contribution in [1.82, 2.24) is 15.5 Å².